The SMILES string of the molecule is CN(C)Cc1cc(C(F)(F)F)cc(C2(C(=O)Nc3ccc(-c4cnc5nc4NCCCNS(=O)(=O)c4cccc(c4)N5)cc3)CC2)c1. The summed E-state index contributed by atoms with van der Waals surface area (Å²) in [5.41, 5.74) is 1.55. The number of rotatable bonds is 6. The molecule has 10 nitrogen and oxygen atoms in total. The molecule has 1 saturated carbocycles. The third-order valence-corrected chi connectivity index (χ3v) is 9.60. The van der Waals surface area contributed by atoms with Crippen molar-refractivity contribution >= 4 is 39.1 Å². The molecule has 0 unspecified atom stereocenters. The van der Waals surface area contributed by atoms with E-state index in [9.17, 15) is 26.4 Å². The molecule has 0 spiro atoms. The number of fused-ring (bicyclic) bond motifs is 4. The Balaban J connectivity index is 1.22. The summed E-state index contributed by atoms with van der Waals surface area (Å²) in [6.07, 6.45) is -1.46. The number of benzene rings is 3. The number of alkyl halides is 3. The van der Waals surface area contributed by atoms with Crippen molar-refractivity contribution in [1.29, 1.82) is 0 Å². The van der Waals surface area contributed by atoms with Crippen molar-refractivity contribution in [2.75, 3.05) is 43.1 Å². The molecule has 4 aromatic rings. The Morgan fingerprint density at radius 1 is 1.02 bits per heavy atom. The molecule has 1 aromatic heterocycles. The highest BCUT2D eigenvalue weighted by molar-refractivity contribution is 7.89. The predicted molar refractivity (Wildman–Crippen MR) is 174 cm³/mol. The summed E-state index contributed by atoms with van der Waals surface area (Å²) in [4.78, 5) is 24.5. The second-order valence-corrected chi connectivity index (χ2v) is 13.8. The number of nitrogens with one attached hydrogen (secondary N) is 4. The van der Waals surface area contributed by atoms with Crippen LogP contribution in [-0.4, -0.2) is 56.4 Å². The lowest BCUT2D eigenvalue weighted by Gasteiger charge is -2.20. The highest BCUT2D eigenvalue weighted by Gasteiger charge is 2.52. The van der Waals surface area contributed by atoms with Crippen molar-refractivity contribution in [2.24, 2.45) is 0 Å². The largest absolute Gasteiger partial charge is 0.416 e. The maximum Gasteiger partial charge on any atom is 0.416 e. The smallest absolute Gasteiger partial charge is 0.369 e. The molecule has 6 rings (SSSR count). The summed E-state index contributed by atoms with van der Waals surface area (Å²) in [6, 6.07) is 17.4. The van der Waals surface area contributed by atoms with Crippen molar-refractivity contribution in [3.05, 3.63) is 89.6 Å². The number of anilines is 4. The van der Waals surface area contributed by atoms with Gasteiger partial charge >= 0.3 is 6.18 Å². The first-order valence-corrected chi connectivity index (χ1v) is 16.6. The number of amides is 1. The van der Waals surface area contributed by atoms with E-state index in [0.717, 1.165) is 17.7 Å². The third-order valence-electron chi connectivity index (χ3n) is 8.14. The molecule has 1 aliphatic heterocycles. The van der Waals surface area contributed by atoms with Gasteiger partial charge in [0.05, 0.1) is 15.9 Å². The molecule has 246 valence electrons. The fourth-order valence-corrected chi connectivity index (χ4v) is 6.71. The predicted octanol–water partition coefficient (Wildman–Crippen LogP) is 5.73. The molecule has 1 aliphatic carbocycles. The monoisotopic (exact) mass is 665 g/mol. The van der Waals surface area contributed by atoms with E-state index in [0.29, 0.717) is 66.2 Å². The van der Waals surface area contributed by atoms with Gasteiger partial charge in [0.25, 0.3) is 0 Å². The minimum absolute atomic E-state index is 0.134. The summed E-state index contributed by atoms with van der Waals surface area (Å²) in [5.74, 6) is 0.464. The zero-order valence-electron chi connectivity index (χ0n) is 25.8. The van der Waals surface area contributed by atoms with Gasteiger partial charge in [-0.3, -0.25) is 4.79 Å². The van der Waals surface area contributed by atoms with Crippen LogP contribution in [0.4, 0.5) is 36.3 Å². The van der Waals surface area contributed by atoms with Crippen LogP contribution in [0.2, 0.25) is 0 Å². The summed E-state index contributed by atoms with van der Waals surface area (Å²) in [7, 11) is -0.106. The summed E-state index contributed by atoms with van der Waals surface area (Å²) < 4.78 is 69.2. The molecule has 4 bridgehead atoms. The van der Waals surface area contributed by atoms with Gasteiger partial charge in [-0.2, -0.15) is 18.2 Å². The van der Waals surface area contributed by atoms with E-state index in [-0.39, 0.29) is 23.3 Å². The first kappa shape index (κ1) is 32.4. The van der Waals surface area contributed by atoms with E-state index in [1.54, 1.807) is 67.7 Å². The first-order valence-electron chi connectivity index (χ1n) is 15.1. The van der Waals surface area contributed by atoms with E-state index < -0.39 is 27.2 Å². The number of hydrogen-bond acceptors (Lipinski definition) is 8. The van der Waals surface area contributed by atoms with Gasteiger partial charge in [0.2, 0.25) is 21.9 Å². The molecule has 47 heavy (non-hydrogen) atoms. The van der Waals surface area contributed by atoms with Gasteiger partial charge in [-0.05, 0) is 92.5 Å². The normalized spacial score (nSPS) is 16.9. The quantitative estimate of drug-likeness (QED) is 0.206. The first-order chi connectivity index (χ1) is 22.3. The Bertz CT molecular complexity index is 1910. The third kappa shape index (κ3) is 7.24. The van der Waals surface area contributed by atoms with E-state index >= 15 is 0 Å². The molecule has 3 aromatic carbocycles. The van der Waals surface area contributed by atoms with E-state index in [1.807, 2.05) is 0 Å². The topological polar surface area (TPSA) is 128 Å². The number of carbonyl (C=O) groups excluding carboxylic acids is 1. The number of sulfonamides is 1. The van der Waals surface area contributed by atoms with E-state index in [1.165, 1.54) is 12.1 Å². The molecular weight excluding hydrogens is 631 g/mol. The van der Waals surface area contributed by atoms with Crippen LogP contribution in [0.1, 0.15) is 36.0 Å². The maximum atomic E-state index is 13.7. The molecule has 0 saturated heterocycles. The standard InChI is InChI=1S/C33H34F3N7O3S/c1-43(2)20-21-15-23(17-24(16-21)33(34,35)36)32(11-12-32)30(44)40-25-9-7-22(8-10-25)28-19-38-31-41-26-5-3-6-27(18-26)47(45,46)39-14-4-13-37-29(28)42-31/h3,5-10,15-19,39H,4,11-14,20H2,1-2H3,(H,40,44)(H2,37,38,41,42). The number of aromatic nitrogens is 2. The number of halogens is 3. The van der Waals surface area contributed by atoms with Gasteiger partial charge in [0.15, 0.2) is 0 Å². The van der Waals surface area contributed by atoms with Gasteiger partial charge in [-0.15, -0.1) is 0 Å². The van der Waals surface area contributed by atoms with Gasteiger partial charge in [-0.1, -0.05) is 24.3 Å². The van der Waals surface area contributed by atoms with Gasteiger partial charge in [0.1, 0.15) is 5.82 Å². The zero-order chi connectivity index (χ0) is 33.4. The van der Waals surface area contributed by atoms with Crippen molar-refractivity contribution in [2.45, 2.75) is 42.3 Å². The zero-order valence-corrected chi connectivity index (χ0v) is 26.6. The second-order valence-electron chi connectivity index (χ2n) is 12.1. The summed E-state index contributed by atoms with van der Waals surface area (Å²) in [6.45, 7) is 0.985. The summed E-state index contributed by atoms with van der Waals surface area (Å²) in [5, 5.41) is 9.24. The molecule has 2 aliphatic rings. The van der Waals surface area contributed by atoms with Crippen molar-refractivity contribution in [3.8, 4) is 11.1 Å². The lowest BCUT2D eigenvalue weighted by molar-refractivity contribution is -0.137. The van der Waals surface area contributed by atoms with Crippen molar-refractivity contribution < 1.29 is 26.4 Å². The average Bonchev–Trinajstić information content (AvgIpc) is 3.83. The van der Waals surface area contributed by atoms with Crippen molar-refractivity contribution in [3.63, 3.8) is 0 Å². The Morgan fingerprint density at radius 3 is 2.49 bits per heavy atom. The molecule has 14 heteroatoms. The second kappa shape index (κ2) is 12.6. The Kier molecular flexibility index (Phi) is 8.68. The van der Waals surface area contributed by atoms with Crippen molar-refractivity contribution in [1.82, 2.24) is 19.6 Å². The average molecular weight is 666 g/mol. The number of hydrogen-bond donors (Lipinski definition) is 4. The van der Waals surface area contributed by atoms with Gasteiger partial charge in [0, 0.05) is 42.8 Å². The highest BCUT2D eigenvalue weighted by Crippen LogP contribution is 2.50. The highest BCUT2D eigenvalue weighted by atomic mass is 32.2. The van der Waals surface area contributed by atoms with Crippen LogP contribution in [0.5, 0.6) is 0 Å². The van der Waals surface area contributed by atoms with Crippen LogP contribution in [0.3, 0.4) is 0 Å². The molecule has 2 heterocycles. The number of carbonyl (C=O) groups is 1. The Hall–Kier alpha value is -4.53. The van der Waals surface area contributed by atoms with Gasteiger partial charge < -0.3 is 20.9 Å². The molecule has 0 atom stereocenters. The minimum atomic E-state index is -4.53. The lowest BCUT2D eigenvalue weighted by atomic mass is 9.91. The van der Waals surface area contributed by atoms with Crippen LogP contribution in [-0.2, 0) is 33.0 Å². The van der Waals surface area contributed by atoms with Crippen LogP contribution in [0.15, 0.2) is 77.8 Å². The fourth-order valence-electron chi connectivity index (χ4n) is 5.59. The molecule has 4 N–H and O–H groups in total. The minimum Gasteiger partial charge on any atom is -0.369 e. The van der Waals surface area contributed by atoms with Crippen LogP contribution >= 0.6 is 0 Å². The fraction of sp³-hybridized carbons (Fsp3) is 0.303. The van der Waals surface area contributed by atoms with Gasteiger partial charge in [-0.25, -0.2) is 18.1 Å². The van der Waals surface area contributed by atoms with Crippen LogP contribution in [0, 0.1) is 0 Å². The molecule has 0 radical (unpaired) electrons. The molecule has 1 fully saturated rings. The van der Waals surface area contributed by atoms with Crippen LogP contribution in [0.25, 0.3) is 11.1 Å². The van der Waals surface area contributed by atoms with E-state index in [2.05, 4.69) is 30.6 Å². The summed E-state index contributed by atoms with van der Waals surface area (Å²) >= 11 is 0. The Morgan fingerprint density at radius 2 is 1.79 bits per heavy atom. The lowest BCUT2D eigenvalue weighted by Crippen LogP contribution is -2.28. The molecule has 1 amide bonds. The van der Waals surface area contributed by atoms with E-state index in [4.69, 9.17) is 0 Å². The Labute approximate surface area is 270 Å². The molecular formula is C33H34F3N7O3S. The number of nitrogens with zero attached hydrogens (tertiary/aromatic N) is 3. The van der Waals surface area contributed by atoms with Crippen LogP contribution < -0.4 is 20.7 Å². The maximum absolute atomic E-state index is 13.7.